The maximum absolute atomic E-state index is 13.1. The lowest BCUT2D eigenvalue weighted by Crippen LogP contribution is -2.54. The van der Waals surface area contributed by atoms with Crippen LogP contribution < -0.4 is 19.7 Å². The molecule has 0 saturated carbocycles. The first-order chi connectivity index (χ1) is 14.7. The zero-order valence-corrected chi connectivity index (χ0v) is 18.3. The van der Waals surface area contributed by atoms with Gasteiger partial charge in [-0.3, -0.25) is 14.9 Å². The van der Waals surface area contributed by atoms with Crippen molar-refractivity contribution in [3.8, 4) is 11.5 Å². The molecular formula is C24H26N2O5. The number of carbonyl (C=O) groups excluding carboxylic acids is 3. The third kappa shape index (κ3) is 4.77. The van der Waals surface area contributed by atoms with Crippen LogP contribution in [0.25, 0.3) is 6.08 Å². The van der Waals surface area contributed by atoms with Crippen molar-refractivity contribution in [1.82, 2.24) is 5.32 Å². The van der Waals surface area contributed by atoms with E-state index < -0.39 is 17.8 Å². The molecule has 1 saturated heterocycles. The third-order valence-corrected chi connectivity index (χ3v) is 4.79. The molecule has 1 aliphatic heterocycles. The second-order valence-corrected chi connectivity index (χ2v) is 7.53. The SMILES string of the molecule is CCOc1cc(/C=C2\C(=O)NC(=O)N(c3ccc(C)c(C)c3)C2=O)ccc1OC(C)C. The van der Waals surface area contributed by atoms with Gasteiger partial charge in [-0.2, -0.15) is 0 Å². The second kappa shape index (κ2) is 9.04. The highest BCUT2D eigenvalue weighted by Gasteiger charge is 2.36. The number of anilines is 1. The van der Waals surface area contributed by atoms with E-state index in [4.69, 9.17) is 9.47 Å². The quantitative estimate of drug-likeness (QED) is 0.558. The molecule has 2 aromatic carbocycles. The number of aryl methyl sites for hydroxylation is 2. The summed E-state index contributed by atoms with van der Waals surface area (Å²) in [6.45, 7) is 9.94. The zero-order valence-electron chi connectivity index (χ0n) is 18.3. The number of nitrogens with zero attached hydrogens (tertiary/aromatic N) is 1. The van der Waals surface area contributed by atoms with E-state index in [9.17, 15) is 14.4 Å². The van der Waals surface area contributed by atoms with Gasteiger partial charge in [-0.25, -0.2) is 9.69 Å². The van der Waals surface area contributed by atoms with Crippen molar-refractivity contribution < 1.29 is 23.9 Å². The maximum atomic E-state index is 13.1. The molecule has 0 unspecified atom stereocenters. The van der Waals surface area contributed by atoms with Crippen molar-refractivity contribution in [2.75, 3.05) is 11.5 Å². The normalized spacial score (nSPS) is 15.5. The van der Waals surface area contributed by atoms with Crippen molar-refractivity contribution in [3.63, 3.8) is 0 Å². The van der Waals surface area contributed by atoms with E-state index in [0.29, 0.717) is 29.4 Å². The molecule has 1 heterocycles. The first-order valence-electron chi connectivity index (χ1n) is 10.1. The topological polar surface area (TPSA) is 84.9 Å². The van der Waals surface area contributed by atoms with Crippen molar-refractivity contribution in [1.29, 1.82) is 0 Å². The largest absolute Gasteiger partial charge is 0.490 e. The molecular weight excluding hydrogens is 396 g/mol. The van der Waals surface area contributed by atoms with Crippen molar-refractivity contribution in [2.45, 2.75) is 40.7 Å². The van der Waals surface area contributed by atoms with Crippen LogP contribution in [0.2, 0.25) is 0 Å². The highest BCUT2D eigenvalue weighted by atomic mass is 16.5. The summed E-state index contributed by atoms with van der Waals surface area (Å²) in [5.41, 5.74) is 2.81. The van der Waals surface area contributed by atoms with Crippen LogP contribution in [0, 0.1) is 13.8 Å². The van der Waals surface area contributed by atoms with Gasteiger partial charge in [-0.1, -0.05) is 12.1 Å². The van der Waals surface area contributed by atoms with E-state index in [1.165, 1.54) is 6.08 Å². The summed E-state index contributed by atoms with van der Waals surface area (Å²) in [4.78, 5) is 38.9. The minimum absolute atomic E-state index is 0.0355. The fourth-order valence-electron chi connectivity index (χ4n) is 3.16. The first kappa shape index (κ1) is 22.1. The van der Waals surface area contributed by atoms with E-state index in [1.54, 1.807) is 30.3 Å². The van der Waals surface area contributed by atoms with Crippen LogP contribution in [0.4, 0.5) is 10.5 Å². The monoisotopic (exact) mass is 422 g/mol. The van der Waals surface area contributed by atoms with E-state index in [2.05, 4.69) is 5.32 Å². The van der Waals surface area contributed by atoms with Crippen molar-refractivity contribution in [2.24, 2.45) is 0 Å². The predicted molar refractivity (Wildman–Crippen MR) is 118 cm³/mol. The summed E-state index contributed by atoms with van der Waals surface area (Å²) < 4.78 is 11.4. The highest BCUT2D eigenvalue weighted by molar-refractivity contribution is 6.39. The Kier molecular flexibility index (Phi) is 6.44. The van der Waals surface area contributed by atoms with E-state index in [-0.39, 0.29) is 11.7 Å². The summed E-state index contributed by atoms with van der Waals surface area (Å²) >= 11 is 0. The van der Waals surface area contributed by atoms with Gasteiger partial charge in [0.15, 0.2) is 11.5 Å². The first-order valence-corrected chi connectivity index (χ1v) is 10.1. The van der Waals surface area contributed by atoms with Crippen LogP contribution >= 0.6 is 0 Å². The maximum Gasteiger partial charge on any atom is 0.335 e. The highest BCUT2D eigenvalue weighted by Crippen LogP contribution is 2.31. The molecule has 162 valence electrons. The average molecular weight is 422 g/mol. The number of carbonyl (C=O) groups is 3. The number of rotatable bonds is 6. The molecule has 7 nitrogen and oxygen atoms in total. The standard InChI is InChI=1S/C24H26N2O5/c1-6-30-21-13-17(8-10-20(21)31-14(2)3)12-19-22(27)25-24(29)26(23(19)28)18-9-7-15(4)16(5)11-18/h7-14H,6H2,1-5H3,(H,25,27,29)/b19-12+. The van der Waals surface area contributed by atoms with E-state index >= 15 is 0 Å². The fourth-order valence-corrected chi connectivity index (χ4v) is 3.16. The summed E-state index contributed by atoms with van der Waals surface area (Å²) in [6.07, 6.45) is 1.41. The zero-order chi connectivity index (χ0) is 22.7. The number of imide groups is 2. The molecule has 1 fully saturated rings. The van der Waals surface area contributed by atoms with Crippen LogP contribution in [0.15, 0.2) is 42.0 Å². The Morgan fingerprint density at radius 1 is 1.00 bits per heavy atom. The van der Waals surface area contributed by atoms with Gasteiger partial charge in [-0.05, 0) is 81.7 Å². The molecule has 0 atom stereocenters. The lowest BCUT2D eigenvalue weighted by molar-refractivity contribution is -0.122. The Labute approximate surface area is 181 Å². The van der Waals surface area contributed by atoms with E-state index in [1.807, 2.05) is 40.7 Å². The molecule has 4 amide bonds. The summed E-state index contributed by atoms with van der Waals surface area (Å²) in [5, 5.41) is 2.24. The van der Waals surface area contributed by atoms with Gasteiger partial charge < -0.3 is 9.47 Å². The summed E-state index contributed by atoms with van der Waals surface area (Å²) in [6, 6.07) is 9.63. The Morgan fingerprint density at radius 2 is 1.74 bits per heavy atom. The van der Waals surface area contributed by atoms with Crippen LogP contribution in [-0.4, -0.2) is 30.6 Å². The Balaban J connectivity index is 1.99. The smallest absolute Gasteiger partial charge is 0.335 e. The number of benzene rings is 2. The van der Waals surface area contributed by atoms with Gasteiger partial charge in [0, 0.05) is 0 Å². The van der Waals surface area contributed by atoms with Crippen LogP contribution in [0.1, 0.15) is 37.5 Å². The molecule has 3 rings (SSSR count). The molecule has 0 aliphatic carbocycles. The van der Waals surface area contributed by atoms with Crippen molar-refractivity contribution in [3.05, 3.63) is 58.7 Å². The third-order valence-electron chi connectivity index (χ3n) is 4.79. The second-order valence-electron chi connectivity index (χ2n) is 7.53. The molecule has 0 aromatic heterocycles. The van der Waals surface area contributed by atoms with Gasteiger partial charge in [0.1, 0.15) is 5.57 Å². The molecule has 0 radical (unpaired) electrons. The Bertz CT molecular complexity index is 1070. The average Bonchev–Trinajstić information content (AvgIpc) is 2.69. The van der Waals surface area contributed by atoms with Gasteiger partial charge >= 0.3 is 6.03 Å². The molecule has 31 heavy (non-hydrogen) atoms. The molecule has 7 heteroatoms. The number of barbiturate groups is 1. The Hall–Kier alpha value is -3.61. The van der Waals surface area contributed by atoms with Crippen LogP contribution in [-0.2, 0) is 9.59 Å². The van der Waals surface area contributed by atoms with E-state index in [0.717, 1.165) is 16.0 Å². The molecule has 1 N–H and O–H groups in total. The van der Waals surface area contributed by atoms with Crippen molar-refractivity contribution >= 4 is 29.6 Å². The summed E-state index contributed by atoms with van der Waals surface area (Å²) in [5.74, 6) is -0.338. The van der Waals surface area contributed by atoms with Gasteiger partial charge in [0.05, 0.1) is 18.4 Å². The minimum Gasteiger partial charge on any atom is -0.490 e. The van der Waals surface area contributed by atoms with Gasteiger partial charge in [-0.15, -0.1) is 0 Å². The fraction of sp³-hybridized carbons (Fsp3) is 0.292. The number of hydrogen-bond acceptors (Lipinski definition) is 5. The lowest BCUT2D eigenvalue weighted by atomic mass is 10.0. The molecule has 0 bridgehead atoms. The van der Waals surface area contributed by atoms with Crippen LogP contribution in [0.3, 0.4) is 0 Å². The van der Waals surface area contributed by atoms with Crippen LogP contribution in [0.5, 0.6) is 11.5 Å². The Morgan fingerprint density at radius 3 is 2.39 bits per heavy atom. The van der Waals surface area contributed by atoms with Gasteiger partial charge in [0.2, 0.25) is 0 Å². The van der Waals surface area contributed by atoms with Gasteiger partial charge in [0.25, 0.3) is 11.8 Å². The predicted octanol–water partition coefficient (Wildman–Crippen LogP) is 4.16. The minimum atomic E-state index is -0.772. The summed E-state index contributed by atoms with van der Waals surface area (Å²) in [7, 11) is 0. The number of hydrogen-bond donors (Lipinski definition) is 1. The number of urea groups is 1. The number of ether oxygens (including phenoxy) is 2. The number of nitrogens with one attached hydrogen (secondary N) is 1. The lowest BCUT2D eigenvalue weighted by Gasteiger charge is -2.27. The molecule has 2 aromatic rings. The number of amides is 4. The molecule has 0 spiro atoms. The molecule has 1 aliphatic rings.